The fourth-order valence-electron chi connectivity index (χ4n) is 0.781. The Labute approximate surface area is 99.7 Å². The first-order chi connectivity index (χ1) is 7.31. The quantitative estimate of drug-likeness (QED) is 0.457. The van der Waals surface area contributed by atoms with Crippen LogP contribution in [0.5, 0.6) is 0 Å². The molecular formula is C10H16N2O3S. The summed E-state index contributed by atoms with van der Waals surface area (Å²) in [6.45, 7) is 6.88. The summed E-state index contributed by atoms with van der Waals surface area (Å²) in [5.41, 5.74) is -0.704. The van der Waals surface area contributed by atoms with Gasteiger partial charge in [-0.2, -0.15) is 5.26 Å². The lowest BCUT2D eigenvalue weighted by atomic mass is 10.1. The molecule has 0 aromatic carbocycles. The fraction of sp³-hybridized carbons (Fsp3) is 0.700. The van der Waals surface area contributed by atoms with Crippen molar-refractivity contribution in [2.45, 2.75) is 33.3 Å². The van der Waals surface area contributed by atoms with Gasteiger partial charge in [-0.3, -0.25) is 14.3 Å². The number of carbonyl (C=O) groups is 2. The van der Waals surface area contributed by atoms with E-state index in [0.717, 1.165) is 11.9 Å². The lowest BCUT2D eigenvalue weighted by Gasteiger charge is -2.20. The molecule has 0 rings (SSSR count). The van der Waals surface area contributed by atoms with Crippen molar-refractivity contribution < 1.29 is 14.3 Å². The van der Waals surface area contributed by atoms with Gasteiger partial charge in [0.1, 0.15) is 5.60 Å². The Morgan fingerprint density at radius 2 is 2.06 bits per heavy atom. The van der Waals surface area contributed by atoms with Crippen LogP contribution in [-0.4, -0.2) is 23.2 Å². The third kappa shape index (κ3) is 5.61. The molecule has 0 bridgehead atoms. The van der Waals surface area contributed by atoms with Crippen molar-refractivity contribution in [2.75, 3.05) is 5.75 Å². The van der Waals surface area contributed by atoms with E-state index in [4.69, 9.17) is 10.00 Å². The highest BCUT2D eigenvalue weighted by molar-refractivity contribution is 7.97. The Hall–Kier alpha value is -1.22. The Kier molecular flexibility index (Phi) is 5.89. The first kappa shape index (κ1) is 14.8. The molecule has 6 heteroatoms. The first-order valence-corrected chi connectivity index (χ1v) is 5.84. The maximum atomic E-state index is 11.5. The van der Waals surface area contributed by atoms with E-state index in [2.05, 4.69) is 4.72 Å². The smallest absolute Gasteiger partial charge is 0.333 e. The van der Waals surface area contributed by atoms with Crippen molar-refractivity contribution in [2.24, 2.45) is 5.92 Å². The molecular weight excluding hydrogens is 228 g/mol. The van der Waals surface area contributed by atoms with Crippen LogP contribution in [0.2, 0.25) is 0 Å². The minimum Gasteiger partial charge on any atom is -0.459 e. The summed E-state index contributed by atoms with van der Waals surface area (Å²) in [7, 11) is 0. The van der Waals surface area contributed by atoms with E-state index in [1.807, 2.05) is 6.92 Å². The summed E-state index contributed by atoms with van der Waals surface area (Å²) < 4.78 is 7.36. The van der Waals surface area contributed by atoms with Gasteiger partial charge in [-0.05, 0) is 20.8 Å². The second-order valence-corrected chi connectivity index (χ2v) is 5.07. The van der Waals surface area contributed by atoms with E-state index in [-0.39, 0.29) is 0 Å². The molecule has 1 amide bonds. The summed E-state index contributed by atoms with van der Waals surface area (Å²) in [5.74, 6) is -2.19. The number of hydrogen-bond acceptors (Lipinski definition) is 5. The SMILES string of the molecule is CCSNC(=O)C(C#N)C(=O)OC(C)(C)C. The number of esters is 1. The second kappa shape index (κ2) is 6.38. The number of hydrogen-bond donors (Lipinski definition) is 1. The van der Waals surface area contributed by atoms with Crippen LogP contribution in [-0.2, 0) is 14.3 Å². The van der Waals surface area contributed by atoms with Gasteiger partial charge in [0.25, 0.3) is 5.91 Å². The molecule has 0 saturated carbocycles. The number of nitrogens with zero attached hydrogens (tertiary/aromatic N) is 1. The number of carbonyl (C=O) groups excluding carboxylic acids is 2. The molecule has 1 unspecified atom stereocenters. The van der Waals surface area contributed by atoms with Gasteiger partial charge in [-0.25, -0.2) is 0 Å². The summed E-state index contributed by atoms with van der Waals surface area (Å²) in [4.78, 5) is 22.9. The Balaban J connectivity index is 4.45. The molecule has 0 spiro atoms. The van der Waals surface area contributed by atoms with Crippen molar-refractivity contribution in [1.82, 2.24) is 4.72 Å². The van der Waals surface area contributed by atoms with Gasteiger partial charge >= 0.3 is 5.97 Å². The molecule has 0 saturated heterocycles. The normalized spacial score (nSPS) is 12.4. The Morgan fingerprint density at radius 1 is 1.50 bits per heavy atom. The largest absolute Gasteiger partial charge is 0.459 e. The Bertz CT molecular complexity index is 304. The maximum absolute atomic E-state index is 11.5. The van der Waals surface area contributed by atoms with Gasteiger partial charge in [0.2, 0.25) is 5.92 Å². The molecule has 16 heavy (non-hydrogen) atoms. The zero-order valence-corrected chi connectivity index (χ0v) is 10.7. The number of nitriles is 1. The van der Waals surface area contributed by atoms with E-state index in [1.165, 1.54) is 0 Å². The molecule has 0 heterocycles. The van der Waals surface area contributed by atoms with Crippen LogP contribution < -0.4 is 4.72 Å². The van der Waals surface area contributed by atoms with E-state index < -0.39 is 23.4 Å². The van der Waals surface area contributed by atoms with Crippen LogP contribution in [0, 0.1) is 17.2 Å². The number of rotatable bonds is 4. The predicted octanol–water partition coefficient (Wildman–Crippen LogP) is 1.25. The monoisotopic (exact) mass is 244 g/mol. The van der Waals surface area contributed by atoms with Crippen LogP contribution in [0.1, 0.15) is 27.7 Å². The van der Waals surface area contributed by atoms with Crippen LogP contribution in [0.15, 0.2) is 0 Å². The van der Waals surface area contributed by atoms with Gasteiger partial charge in [-0.15, -0.1) is 0 Å². The van der Waals surface area contributed by atoms with Gasteiger partial charge in [0, 0.05) is 5.75 Å². The van der Waals surface area contributed by atoms with Crippen LogP contribution in [0.3, 0.4) is 0 Å². The van der Waals surface area contributed by atoms with Crippen LogP contribution in [0.25, 0.3) is 0 Å². The van der Waals surface area contributed by atoms with Crippen molar-refractivity contribution in [3.05, 3.63) is 0 Å². The fourth-order valence-corrected chi connectivity index (χ4v) is 1.19. The highest BCUT2D eigenvalue weighted by Crippen LogP contribution is 2.11. The first-order valence-electron chi connectivity index (χ1n) is 4.86. The third-order valence-electron chi connectivity index (χ3n) is 1.35. The van der Waals surface area contributed by atoms with Crippen molar-refractivity contribution in [3.63, 3.8) is 0 Å². The third-order valence-corrected chi connectivity index (χ3v) is 1.99. The molecule has 0 aliphatic rings. The van der Waals surface area contributed by atoms with E-state index in [1.54, 1.807) is 26.8 Å². The number of amides is 1. The molecule has 5 nitrogen and oxygen atoms in total. The molecule has 1 atom stereocenters. The molecule has 0 fully saturated rings. The van der Waals surface area contributed by atoms with Gasteiger partial charge in [-0.1, -0.05) is 18.9 Å². The molecule has 1 N–H and O–H groups in total. The van der Waals surface area contributed by atoms with E-state index >= 15 is 0 Å². The van der Waals surface area contributed by atoms with Gasteiger partial charge < -0.3 is 4.74 Å². The van der Waals surface area contributed by atoms with Gasteiger partial charge in [0.05, 0.1) is 6.07 Å². The summed E-state index contributed by atoms with van der Waals surface area (Å²) in [6, 6.07) is 1.63. The average molecular weight is 244 g/mol. The molecule has 0 aliphatic heterocycles. The van der Waals surface area contributed by atoms with Crippen molar-refractivity contribution >= 4 is 23.8 Å². The summed E-state index contributed by atoms with van der Waals surface area (Å²) in [6.07, 6.45) is 0. The second-order valence-electron chi connectivity index (χ2n) is 3.99. The van der Waals surface area contributed by atoms with Crippen LogP contribution >= 0.6 is 11.9 Å². The highest BCUT2D eigenvalue weighted by Gasteiger charge is 2.31. The maximum Gasteiger partial charge on any atom is 0.333 e. The minimum absolute atomic E-state index is 0.636. The van der Waals surface area contributed by atoms with Crippen LogP contribution in [0.4, 0.5) is 0 Å². The molecule has 0 aromatic rings. The lowest BCUT2D eigenvalue weighted by molar-refractivity contribution is -0.159. The van der Waals surface area contributed by atoms with Crippen molar-refractivity contribution in [3.8, 4) is 6.07 Å². The van der Waals surface area contributed by atoms with E-state index in [9.17, 15) is 9.59 Å². The Morgan fingerprint density at radius 3 is 2.44 bits per heavy atom. The average Bonchev–Trinajstić information content (AvgIpc) is 2.12. The predicted molar refractivity (Wildman–Crippen MR) is 61.2 cm³/mol. The lowest BCUT2D eigenvalue weighted by Crippen LogP contribution is -2.36. The number of ether oxygens (including phenoxy) is 1. The zero-order chi connectivity index (χ0) is 12.8. The summed E-state index contributed by atoms with van der Waals surface area (Å²) in [5, 5.41) is 8.74. The van der Waals surface area contributed by atoms with Gasteiger partial charge in [0.15, 0.2) is 0 Å². The molecule has 0 aromatic heterocycles. The van der Waals surface area contributed by atoms with E-state index in [0.29, 0.717) is 5.75 Å². The highest BCUT2D eigenvalue weighted by atomic mass is 32.2. The minimum atomic E-state index is -1.40. The molecule has 90 valence electrons. The topological polar surface area (TPSA) is 79.2 Å². The zero-order valence-electron chi connectivity index (χ0n) is 9.86. The van der Waals surface area contributed by atoms with Crippen molar-refractivity contribution in [1.29, 1.82) is 5.26 Å². The molecule has 0 aliphatic carbocycles. The summed E-state index contributed by atoms with van der Waals surface area (Å²) >= 11 is 1.14. The number of nitrogens with one attached hydrogen (secondary N) is 1. The standard InChI is InChI=1S/C10H16N2O3S/c1-5-16-12-8(13)7(6-11)9(14)15-10(2,3)4/h7H,5H2,1-4H3,(H,12,13). The molecule has 0 radical (unpaired) electrons.